The highest BCUT2D eigenvalue weighted by Crippen LogP contribution is 2.51. The van der Waals surface area contributed by atoms with E-state index in [-0.39, 0.29) is 29.0 Å². The van der Waals surface area contributed by atoms with Gasteiger partial charge in [-0.1, -0.05) is 45.9 Å². The predicted octanol–water partition coefficient (Wildman–Crippen LogP) is 3.40. The molecule has 1 unspecified atom stereocenters. The number of nitrogens with zero attached hydrogens (tertiary/aromatic N) is 1. The van der Waals surface area contributed by atoms with Gasteiger partial charge in [0.25, 0.3) is 0 Å². The number of carbonyl (C=O) groups is 2. The van der Waals surface area contributed by atoms with Gasteiger partial charge in [0.05, 0.1) is 24.0 Å². The molecule has 6 heteroatoms. The van der Waals surface area contributed by atoms with Crippen LogP contribution >= 0.6 is 0 Å². The first-order chi connectivity index (χ1) is 14.5. The van der Waals surface area contributed by atoms with Gasteiger partial charge in [0.15, 0.2) is 6.61 Å². The molecule has 1 aromatic rings. The molecule has 3 rings (SSSR count). The molecule has 0 saturated heterocycles. The van der Waals surface area contributed by atoms with E-state index in [1.807, 2.05) is 33.8 Å². The van der Waals surface area contributed by atoms with Crippen LogP contribution in [-0.4, -0.2) is 40.6 Å². The summed E-state index contributed by atoms with van der Waals surface area (Å²) >= 11 is 0. The van der Waals surface area contributed by atoms with Crippen LogP contribution in [-0.2, 0) is 9.59 Å². The largest absolute Gasteiger partial charge is 0.478 e. The number of carbonyl (C=O) groups excluding carboxylic acids is 2. The molecule has 31 heavy (non-hydrogen) atoms. The SMILES string of the molecule is CC1(C)CC(=O)[C@H](C(c2ccccc2OCC#N)[C@@H]2C(=O)CC(C)(C)C[C@@H]2O)[C@H](O)C1. The van der Waals surface area contributed by atoms with E-state index in [1.165, 1.54) is 0 Å². The van der Waals surface area contributed by atoms with E-state index < -0.39 is 30.0 Å². The van der Waals surface area contributed by atoms with E-state index in [4.69, 9.17) is 10.00 Å². The Balaban J connectivity index is 2.11. The number of aliphatic hydroxyl groups excluding tert-OH is 2. The summed E-state index contributed by atoms with van der Waals surface area (Å²) in [4.78, 5) is 26.6. The Kier molecular flexibility index (Phi) is 6.59. The fourth-order valence-corrected chi connectivity index (χ4v) is 5.63. The summed E-state index contributed by atoms with van der Waals surface area (Å²) < 4.78 is 5.62. The molecule has 2 saturated carbocycles. The predicted molar refractivity (Wildman–Crippen MR) is 115 cm³/mol. The van der Waals surface area contributed by atoms with Crippen molar-refractivity contribution in [1.29, 1.82) is 5.26 Å². The van der Waals surface area contributed by atoms with Crippen molar-refractivity contribution in [3.8, 4) is 11.8 Å². The molecular formula is C25H33NO5. The molecule has 0 radical (unpaired) electrons. The fourth-order valence-electron chi connectivity index (χ4n) is 5.63. The average molecular weight is 428 g/mol. The van der Waals surface area contributed by atoms with Crippen LogP contribution in [0.25, 0.3) is 0 Å². The van der Waals surface area contributed by atoms with Crippen molar-refractivity contribution in [3.05, 3.63) is 29.8 Å². The normalized spacial score (nSPS) is 31.0. The van der Waals surface area contributed by atoms with Crippen LogP contribution in [0, 0.1) is 34.0 Å². The smallest absolute Gasteiger partial charge is 0.174 e. The number of para-hydroxylation sites is 1. The highest BCUT2D eigenvalue weighted by atomic mass is 16.5. The highest BCUT2D eigenvalue weighted by molar-refractivity contribution is 5.88. The lowest BCUT2D eigenvalue weighted by Gasteiger charge is -2.46. The molecule has 2 aliphatic carbocycles. The second kappa shape index (κ2) is 8.72. The van der Waals surface area contributed by atoms with Crippen LogP contribution in [0.3, 0.4) is 0 Å². The summed E-state index contributed by atoms with van der Waals surface area (Å²) in [6, 6.07) is 8.97. The standard InChI is InChI=1S/C25H33NO5/c1-24(2)11-16(27)22(17(28)12-24)21(15-7-5-6-8-20(15)31-10-9-26)23-18(29)13-25(3,4)14-19(23)30/h5-8,16,18,21-23,27,29H,10-14H2,1-4H3/t16-,18+,21?,22-,23+. The Labute approximate surface area is 184 Å². The summed E-state index contributed by atoms with van der Waals surface area (Å²) in [5, 5.41) is 31.1. The van der Waals surface area contributed by atoms with E-state index >= 15 is 0 Å². The maximum absolute atomic E-state index is 13.3. The van der Waals surface area contributed by atoms with E-state index in [0.717, 1.165) is 0 Å². The lowest BCUT2D eigenvalue weighted by atomic mass is 9.58. The zero-order valence-electron chi connectivity index (χ0n) is 18.8. The van der Waals surface area contributed by atoms with Crippen LogP contribution in [0.5, 0.6) is 5.75 Å². The molecule has 0 spiro atoms. The van der Waals surface area contributed by atoms with E-state index in [9.17, 15) is 19.8 Å². The van der Waals surface area contributed by atoms with E-state index in [1.54, 1.807) is 24.3 Å². The number of rotatable bonds is 5. The quantitative estimate of drug-likeness (QED) is 0.746. The van der Waals surface area contributed by atoms with E-state index in [2.05, 4.69) is 0 Å². The van der Waals surface area contributed by atoms with Gasteiger partial charge in [0, 0.05) is 18.8 Å². The molecule has 2 aliphatic rings. The van der Waals surface area contributed by atoms with Crippen LogP contribution in [0.4, 0.5) is 0 Å². The second-order valence-corrected chi connectivity index (χ2v) is 10.7. The Hall–Kier alpha value is -2.23. The van der Waals surface area contributed by atoms with Crippen LogP contribution in [0.15, 0.2) is 24.3 Å². The number of nitriles is 1. The minimum absolute atomic E-state index is 0.103. The van der Waals surface area contributed by atoms with Crippen molar-refractivity contribution in [1.82, 2.24) is 0 Å². The lowest BCUT2D eigenvalue weighted by Crippen LogP contribution is -2.51. The van der Waals surface area contributed by atoms with Crippen molar-refractivity contribution in [2.24, 2.45) is 22.7 Å². The molecule has 0 amide bonds. The topological polar surface area (TPSA) is 108 Å². The molecule has 0 aliphatic heterocycles. The van der Waals surface area contributed by atoms with Gasteiger partial charge >= 0.3 is 0 Å². The van der Waals surface area contributed by atoms with Crippen molar-refractivity contribution < 1.29 is 24.5 Å². The Bertz CT molecular complexity index is 842. The number of benzene rings is 1. The summed E-state index contributed by atoms with van der Waals surface area (Å²) in [5.74, 6) is -2.15. The summed E-state index contributed by atoms with van der Waals surface area (Å²) in [7, 11) is 0. The summed E-state index contributed by atoms with van der Waals surface area (Å²) in [6.07, 6.45) is -0.391. The van der Waals surface area contributed by atoms with Gasteiger partial charge < -0.3 is 14.9 Å². The monoisotopic (exact) mass is 427 g/mol. The molecule has 2 N–H and O–H groups in total. The first kappa shape index (κ1) is 23.4. The van der Waals surface area contributed by atoms with Crippen molar-refractivity contribution in [2.75, 3.05) is 6.61 Å². The molecular weight excluding hydrogens is 394 g/mol. The zero-order valence-corrected chi connectivity index (χ0v) is 18.8. The summed E-state index contributed by atoms with van der Waals surface area (Å²) in [6.45, 7) is 7.63. The third-order valence-corrected chi connectivity index (χ3v) is 6.75. The lowest BCUT2D eigenvalue weighted by molar-refractivity contribution is -0.144. The molecule has 2 fully saturated rings. The molecule has 0 aromatic heterocycles. The number of hydrogen-bond donors (Lipinski definition) is 2. The second-order valence-electron chi connectivity index (χ2n) is 10.7. The molecule has 1 aromatic carbocycles. The van der Waals surface area contributed by atoms with Gasteiger partial charge in [-0.25, -0.2) is 0 Å². The highest BCUT2D eigenvalue weighted by Gasteiger charge is 2.52. The van der Waals surface area contributed by atoms with Crippen molar-refractivity contribution in [3.63, 3.8) is 0 Å². The first-order valence-corrected chi connectivity index (χ1v) is 11.0. The van der Waals surface area contributed by atoms with Gasteiger partial charge in [-0.3, -0.25) is 9.59 Å². The van der Waals surface area contributed by atoms with Crippen LogP contribution in [0.2, 0.25) is 0 Å². The van der Waals surface area contributed by atoms with Crippen molar-refractivity contribution in [2.45, 2.75) is 71.5 Å². The number of Topliss-reactive ketones (excluding diaryl/α,β-unsaturated/α-hetero) is 2. The van der Waals surface area contributed by atoms with Gasteiger partial charge in [0.1, 0.15) is 23.4 Å². The Morgan fingerprint density at radius 2 is 1.48 bits per heavy atom. The van der Waals surface area contributed by atoms with E-state index in [0.29, 0.717) is 37.0 Å². The Morgan fingerprint density at radius 3 is 1.94 bits per heavy atom. The Morgan fingerprint density at radius 1 is 1.00 bits per heavy atom. The fraction of sp³-hybridized carbons (Fsp3) is 0.640. The third-order valence-electron chi connectivity index (χ3n) is 6.75. The maximum Gasteiger partial charge on any atom is 0.174 e. The van der Waals surface area contributed by atoms with Gasteiger partial charge in [-0.05, 0) is 35.3 Å². The van der Waals surface area contributed by atoms with Gasteiger partial charge in [-0.15, -0.1) is 0 Å². The van der Waals surface area contributed by atoms with Crippen molar-refractivity contribution >= 4 is 11.6 Å². The minimum atomic E-state index is -0.930. The molecule has 0 heterocycles. The van der Waals surface area contributed by atoms with Gasteiger partial charge in [-0.2, -0.15) is 5.26 Å². The third kappa shape index (κ3) is 4.99. The minimum Gasteiger partial charge on any atom is -0.478 e. The number of ketones is 2. The molecule has 168 valence electrons. The molecule has 0 bridgehead atoms. The number of hydrogen-bond acceptors (Lipinski definition) is 6. The summed E-state index contributed by atoms with van der Waals surface area (Å²) in [5.41, 5.74) is -0.0659. The number of ether oxygens (including phenoxy) is 1. The first-order valence-electron chi connectivity index (χ1n) is 11.0. The zero-order chi connectivity index (χ0) is 23.0. The maximum atomic E-state index is 13.3. The molecule has 5 atom stereocenters. The van der Waals surface area contributed by atoms with Crippen LogP contribution < -0.4 is 4.74 Å². The molecule has 6 nitrogen and oxygen atoms in total. The van der Waals surface area contributed by atoms with Gasteiger partial charge in [0.2, 0.25) is 0 Å². The number of aliphatic hydroxyl groups is 2. The van der Waals surface area contributed by atoms with Crippen LogP contribution in [0.1, 0.15) is 64.9 Å². The average Bonchev–Trinajstić information content (AvgIpc) is 2.62.